The molecule has 3 aromatic rings. The van der Waals surface area contributed by atoms with E-state index in [1.807, 2.05) is 67.6 Å². The van der Waals surface area contributed by atoms with Crippen molar-refractivity contribution in [1.82, 2.24) is 15.1 Å². The molecule has 1 atom stereocenters. The van der Waals surface area contributed by atoms with Gasteiger partial charge in [0.1, 0.15) is 12.3 Å². The first kappa shape index (κ1) is 17.9. The Hall–Kier alpha value is -2.93. The molecule has 6 nitrogen and oxygen atoms in total. The Balaban J connectivity index is 1.57. The number of nitrogens with one attached hydrogen (secondary N) is 1. The summed E-state index contributed by atoms with van der Waals surface area (Å²) in [6.07, 6.45) is 0. The third-order valence-electron chi connectivity index (χ3n) is 3.72. The SMILES string of the molecule is C[C@H](NC(=O)Cn1nc(COc2ccccc2)oc1=S)c1ccccc1. The summed E-state index contributed by atoms with van der Waals surface area (Å²) in [5.74, 6) is 0.835. The largest absolute Gasteiger partial charge is 0.484 e. The van der Waals surface area contributed by atoms with Crippen molar-refractivity contribution in [2.75, 3.05) is 0 Å². The van der Waals surface area contributed by atoms with Crippen LogP contribution in [0.25, 0.3) is 0 Å². The van der Waals surface area contributed by atoms with Gasteiger partial charge in [0.05, 0.1) is 6.04 Å². The van der Waals surface area contributed by atoms with Gasteiger partial charge >= 0.3 is 0 Å². The van der Waals surface area contributed by atoms with Crippen LogP contribution in [0.15, 0.2) is 65.1 Å². The van der Waals surface area contributed by atoms with Crippen LogP contribution in [-0.4, -0.2) is 15.7 Å². The van der Waals surface area contributed by atoms with Gasteiger partial charge in [-0.2, -0.15) is 0 Å². The smallest absolute Gasteiger partial charge is 0.287 e. The molecule has 1 aromatic heterocycles. The quantitative estimate of drug-likeness (QED) is 0.644. The van der Waals surface area contributed by atoms with E-state index in [0.717, 1.165) is 5.56 Å². The summed E-state index contributed by atoms with van der Waals surface area (Å²) in [7, 11) is 0. The Bertz CT molecular complexity index is 907. The first-order valence-corrected chi connectivity index (χ1v) is 8.61. The lowest BCUT2D eigenvalue weighted by molar-refractivity contribution is -0.122. The van der Waals surface area contributed by atoms with Crippen LogP contribution in [0.5, 0.6) is 5.75 Å². The molecule has 0 saturated carbocycles. The molecular formula is C19H19N3O3S. The van der Waals surface area contributed by atoms with Gasteiger partial charge in [0.15, 0.2) is 6.61 Å². The molecule has 1 amide bonds. The number of hydrogen-bond donors (Lipinski definition) is 1. The molecule has 0 aliphatic rings. The second-order valence-electron chi connectivity index (χ2n) is 5.72. The Morgan fingerprint density at radius 1 is 1.19 bits per heavy atom. The standard InChI is InChI=1S/C19H19N3O3S/c1-14(15-8-4-2-5-9-15)20-17(23)12-22-19(26)25-18(21-22)13-24-16-10-6-3-7-11-16/h2-11,14H,12-13H2,1H3,(H,20,23)/t14-/m0/s1. The fraction of sp³-hybridized carbons (Fsp3) is 0.211. The molecule has 1 heterocycles. The number of nitrogens with zero attached hydrogens (tertiary/aromatic N) is 2. The van der Waals surface area contributed by atoms with Crippen LogP contribution in [0.2, 0.25) is 0 Å². The van der Waals surface area contributed by atoms with Crippen molar-refractivity contribution >= 4 is 18.1 Å². The molecule has 0 saturated heterocycles. The third-order valence-corrected chi connectivity index (χ3v) is 4.02. The number of rotatable bonds is 7. The molecule has 0 aliphatic heterocycles. The molecule has 0 fully saturated rings. The zero-order chi connectivity index (χ0) is 18.4. The Labute approximate surface area is 156 Å². The number of carbonyl (C=O) groups is 1. The van der Waals surface area contributed by atoms with Crippen molar-refractivity contribution in [1.29, 1.82) is 0 Å². The second-order valence-corrected chi connectivity index (χ2v) is 6.07. The van der Waals surface area contributed by atoms with E-state index in [9.17, 15) is 4.79 Å². The van der Waals surface area contributed by atoms with Crippen LogP contribution in [0, 0.1) is 4.84 Å². The van der Waals surface area contributed by atoms with Crippen LogP contribution >= 0.6 is 12.2 Å². The minimum Gasteiger partial charge on any atom is -0.484 e. The number of hydrogen-bond acceptors (Lipinski definition) is 5. The normalized spacial score (nSPS) is 11.7. The monoisotopic (exact) mass is 369 g/mol. The molecule has 3 rings (SSSR count). The van der Waals surface area contributed by atoms with Gasteiger partial charge in [-0.25, -0.2) is 4.68 Å². The van der Waals surface area contributed by atoms with Gasteiger partial charge in [-0.1, -0.05) is 48.5 Å². The van der Waals surface area contributed by atoms with Crippen LogP contribution < -0.4 is 10.1 Å². The van der Waals surface area contributed by atoms with Crippen LogP contribution in [0.4, 0.5) is 0 Å². The fourth-order valence-electron chi connectivity index (χ4n) is 2.42. The number of carbonyl (C=O) groups excluding carboxylic acids is 1. The zero-order valence-electron chi connectivity index (χ0n) is 14.3. The average molecular weight is 369 g/mol. The lowest BCUT2D eigenvalue weighted by Gasteiger charge is -2.13. The predicted molar refractivity (Wildman–Crippen MR) is 99.1 cm³/mol. The molecule has 0 unspecified atom stereocenters. The first-order chi connectivity index (χ1) is 12.6. The van der Waals surface area contributed by atoms with Gasteiger partial charge in [-0.15, -0.1) is 5.10 Å². The number of para-hydroxylation sites is 1. The topological polar surface area (TPSA) is 69.3 Å². The molecule has 0 bridgehead atoms. The Morgan fingerprint density at radius 2 is 1.85 bits per heavy atom. The highest BCUT2D eigenvalue weighted by molar-refractivity contribution is 7.71. The van der Waals surface area contributed by atoms with Gasteiger partial charge in [0.2, 0.25) is 5.91 Å². The number of aromatic nitrogens is 2. The van der Waals surface area contributed by atoms with Gasteiger partial charge in [-0.05, 0) is 36.8 Å². The van der Waals surface area contributed by atoms with E-state index in [1.54, 1.807) is 0 Å². The van der Waals surface area contributed by atoms with Crippen LogP contribution in [0.1, 0.15) is 24.4 Å². The lowest BCUT2D eigenvalue weighted by Crippen LogP contribution is -2.30. The van der Waals surface area contributed by atoms with Gasteiger partial charge < -0.3 is 14.5 Å². The molecule has 2 aromatic carbocycles. The van der Waals surface area contributed by atoms with E-state index in [1.165, 1.54) is 4.68 Å². The van der Waals surface area contributed by atoms with Crippen molar-refractivity contribution < 1.29 is 13.9 Å². The minimum atomic E-state index is -0.193. The average Bonchev–Trinajstić information content (AvgIpc) is 3.01. The summed E-state index contributed by atoms with van der Waals surface area (Å²) < 4.78 is 12.3. The maximum Gasteiger partial charge on any atom is 0.287 e. The summed E-state index contributed by atoms with van der Waals surface area (Å²) in [6.45, 7) is 2.06. The summed E-state index contributed by atoms with van der Waals surface area (Å²) in [4.78, 5) is 12.4. The van der Waals surface area contributed by atoms with Crippen molar-refractivity contribution in [2.45, 2.75) is 26.1 Å². The fourth-order valence-corrected chi connectivity index (χ4v) is 2.62. The van der Waals surface area contributed by atoms with E-state index in [0.29, 0.717) is 11.6 Å². The summed E-state index contributed by atoms with van der Waals surface area (Å²) in [5.41, 5.74) is 1.03. The molecule has 26 heavy (non-hydrogen) atoms. The summed E-state index contributed by atoms with van der Waals surface area (Å²) >= 11 is 5.13. The predicted octanol–water partition coefficient (Wildman–Crippen LogP) is 3.66. The molecule has 134 valence electrons. The number of ether oxygens (including phenoxy) is 1. The van der Waals surface area contributed by atoms with E-state index < -0.39 is 0 Å². The highest BCUT2D eigenvalue weighted by Gasteiger charge is 2.13. The van der Waals surface area contributed by atoms with Crippen molar-refractivity contribution in [3.63, 3.8) is 0 Å². The molecule has 0 spiro atoms. The lowest BCUT2D eigenvalue weighted by atomic mass is 10.1. The number of benzene rings is 2. The van der Waals surface area contributed by atoms with Crippen molar-refractivity contribution in [3.8, 4) is 5.75 Å². The first-order valence-electron chi connectivity index (χ1n) is 8.21. The third kappa shape index (κ3) is 4.80. The maximum atomic E-state index is 12.2. The van der Waals surface area contributed by atoms with Crippen LogP contribution in [0.3, 0.4) is 0 Å². The van der Waals surface area contributed by atoms with E-state index in [-0.39, 0.29) is 29.9 Å². The molecule has 0 aliphatic carbocycles. The van der Waals surface area contributed by atoms with Gasteiger partial charge in [0, 0.05) is 0 Å². The van der Waals surface area contributed by atoms with E-state index in [2.05, 4.69) is 10.4 Å². The van der Waals surface area contributed by atoms with Crippen molar-refractivity contribution in [3.05, 3.63) is 77.0 Å². The van der Waals surface area contributed by atoms with E-state index >= 15 is 0 Å². The second kappa shape index (κ2) is 8.44. The van der Waals surface area contributed by atoms with E-state index in [4.69, 9.17) is 21.4 Å². The maximum absolute atomic E-state index is 12.2. The Kier molecular flexibility index (Phi) is 5.80. The molecule has 7 heteroatoms. The summed E-state index contributed by atoms with van der Waals surface area (Å²) in [5, 5.41) is 7.12. The Morgan fingerprint density at radius 3 is 2.54 bits per heavy atom. The van der Waals surface area contributed by atoms with Crippen LogP contribution in [-0.2, 0) is 17.9 Å². The van der Waals surface area contributed by atoms with Gasteiger partial charge in [-0.3, -0.25) is 4.79 Å². The molecule has 0 radical (unpaired) electrons. The highest BCUT2D eigenvalue weighted by Crippen LogP contribution is 2.12. The molecule has 1 N–H and O–H groups in total. The zero-order valence-corrected chi connectivity index (χ0v) is 15.1. The van der Waals surface area contributed by atoms with Crippen molar-refractivity contribution in [2.24, 2.45) is 0 Å². The highest BCUT2D eigenvalue weighted by atomic mass is 32.1. The van der Waals surface area contributed by atoms with Gasteiger partial charge in [0.25, 0.3) is 10.7 Å². The minimum absolute atomic E-state index is 0.00908. The summed E-state index contributed by atoms with van der Waals surface area (Å²) in [6, 6.07) is 19.0. The number of amides is 1. The molecular weight excluding hydrogens is 350 g/mol.